The number of hydrogen-bond acceptors (Lipinski definition) is 3. The van der Waals surface area contributed by atoms with Gasteiger partial charge < -0.3 is 14.8 Å². The Morgan fingerprint density at radius 1 is 1.11 bits per heavy atom. The minimum absolute atomic E-state index is 0.0535. The number of fused-ring (bicyclic) bond motifs is 1. The van der Waals surface area contributed by atoms with Crippen LogP contribution in [0.5, 0.6) is 11.5 Å². The molecule has 6 heteroatoms. The molecule has 1 aliphatic heterocycles. The first kappa shape index (κ1) is 12.9. The van der Waals surface area contributed by atoms with Crippen LogP contribution in [0.15, 0.2) is 18.2 Å². The van der Waals surface area contributed by atoms with Crippen molar-refractivity contribution >= 4 is 5.69 Å². The molecular weight excluding hydrogens is 247 g/mol. The monoisotopic (exact) mass is 261 g/mol. The average Bonchev–Trinajstić information content (AvgIpc) is 2.33. The Hall–Kier alpha value is -1.59. The summed E-state index contributed by atoms with van der Waals surface area (Å²) in [6.45, 7) is 1.29. The summed E-state index contributed by atoms with van der Waals surface area (Å²) in [4.78, 5) is 0. The van der Waals surface area contributed by atoms with Gasteiger partial charge in [-0.2, -0.15) is 13.2 Å². The van der Waals surface area contributed by atoms with Crippen molar-refractivity contribution in [2.24, 2.45) is 0 Å². The van der Waals surface area contributed by atoms with Crippen LogP contribution in [-0.4, -0.2) is 25.9 Å². The molecule has 0 aromatic heterocycles. The van der Waals surface area contributed by atoms with Crippen LogP contribution in [0, 0.1) is 0 Å². The molecule has 100 valence electrons. The SMILES string of the molecule is FC(F)(F)CCCNc1ccc2c(c1)OCCO2. The van der Waals surface area contributed by atoms with Gasteiger partial charge in [-0.25, -0.2) is 0 Å². The van der Waals surface area contributed by atoms with Gasteiger partial charge in [-0.1, -0.05) is 0 Å². The van der Waals surface area contributed by atoms with Gasteiger partial charge in [0, 0.05) is 24.7 Å². The summed E-state index contributed by atoms with van der Waals surface area (Å²) >= 11 is 0. The molecule has 0 saturated heterocycles. The molecule has 0 saturated carbocycles. The van der Waals surface area contributed by atoms with E-state index < -0.39 is 12.6 Å². The summed E-state index contributed by atoms with van der Waals surface area (Å²) in [6.07, 6.45) is -4.81. The minimum Gasteiger partial charge on any atom is -0.486 e. The maximum Gasteiger partial charge on any atom is 0.389 e. The van der Waals surface area contributed by atoms with Crippen LogP contribution in [0.4, 0.5) is 18.9 Å². The zero-order chi connectivity index (χ0) is 13.0. The lowest BCUT2D eigenvalue weighted by molar-refractivity contribution is -0.134. The quantitative estimate of drug-likeness (QED) is 0.844. The molecule has 1 aromatic rings. The van der Waals surface area contributed by atoms with E-state index in [1.165, 1.54) is 0 Å². The lowest BCUT2D eigenvalue weighted by Crippen LogP contribution is -2.15. The van der Waals surface area contributed by atoms with E-state index in [9.17, 15) is 13.2 Å². The van der Waals surface area contributed by atoms with Gasteiger partial charge in [0.05, 0.1) is 0 Å². The zero-order valence-electron chi connectivity index (χ0n) is 9.72. The Morgan fingerprint density at radius 2 is 1.83 bits per heavy atom. The highest BCUT2D eigenvalue weighted by molar-refractivity contribution is 5.55. The molecule has 18 heavy (non-hydrogen) atoms. The minimum atomic E-state index is -4.09. The first-order valence-electron chi connectivity index (χ1n) is 5.75. The van der Waals surface area contributed by atoms with Gasteiger partial charge in [-0.3, -0.25) is 0 Å². The van der Waals surface area contributed by atoms with Crippen LogP contribution in [0.3, 0.4) is 0 Å². The van der Waals surface area contributed by atoms with Gasteiger partial charge in [0.25, 0.3) is 0 Å². The number of hydrogen-bond donors (Lipinski definition) is 1. The summed E-state index contributed by atoms with van der Waals surface area (Å²) < 4.78 is 46.6. The molecule has 0 radical (unpaired) electrons. The molecule has 1 N–H and O–H groups in total. The fraction of sp³-hybridized carbons (Fsp3) is 0.500. The molecule has 3 nitrogen and oxygen atoms in total. The lowest BCUT2D eigenvalue weighted by atomic mass is 10.2. The van der Waals surface area contributed by atoms with Crippen LogP contribution >= 0.6 is 0 Å². The van der Waals surface area contributed by atoms with Crippen LogP contribution in [0.1, 0.15) is 12.8 Å². The van der Waals surface area contributed by atoms with Gasteiger partial charge in [0.2, 0.25) is 0 Å². The normalized spacial score (nSPS) is 14.4. The van der Waals surface area contributed by atoms with Gasteiger partial charge in [0.15, 0.2) is 11.5 Å². The molecule has 0 spiro atoms. The zero-order valence-corrected chi connectivity index (χ0v) is 9.72. The van der Waals surface area contributed by atoms with Gasteiger partial charge in [-0.15, -0.1) is 0 Å². The maximum atomic E-state index is 11.9. The summed E-state index contributed by atoms with van der Waals surface area (Å²) in [5.41, 5.74) is 0.737. The van der Waals surface area contributed by atoms with E-state index in [-0.39, 0.29) is 13.0 Å². The van der Waals surface area contributed by atoms with E-state index in [0.29, 0.717) is 24.7 Å². The van der Waals surface area contributed by atoms with Crippen LogP contribution in [0.25, 0.3) is 0 Å². The fourth-order valence-electron chi connectivity index (χ4n) is 1.67. The Bertz CT molecular complexity index is 407. The molecule has 0 fully saturated rings. The number of anilines is 1. The van der Waals surface area contributed by atoms with E-state index in [1.54, 1.807) is 18.2 Å². The van der Waals surface area contributed by atoms with E-state index in [4.69, 9.17) is 9.47 Å². The van der Waals surface area contributed by atoms with E-state index in [0.717, 1.165) is 5.69 Å². The molecule has 1 heterocycles. The molecular formula is C12H14F3NO2. The Kier molecular flexibility index (Phi) is 3.84. The van der Waals surface area contributed by atoms with E-state index >= 15 is 0 Å². The first-order valence-corrected chi connectivity index (χ1v) is 5.75. The van der Waals surface area contributed by atoms with Gasteiger partial charge in [-0.05, 0) is 18.6 Å². The van der Waals surface area contributed by atoms with Gasteiger partial charge in [0.1, 0.15) is 13.2 Å². The Balaban J connectivity index is 1.83. The highest BCUT2D eigenvalue weighted by Gasteiger charge is 2.25. The smallest absolute Gasteiger partial charge is 0.389 e. The molecule has 2 rings (SSSR count). The van der Waals surface area contributed by atoms with Crippen molar-refractivity contribution in [3.63, 3.8) is 0 Å². The van der Waals surface area contributed by atoms with Crippen molar-refractivity contribution in [1.29, 1.82) is 0 Å². The predicted molar refractivity (Wildman–Crippen MR) is 61.2 cm³/mol. The van der Waals surface area contributed by atoms with E-state index in [2.05, 4.69) is 5.32 Å². The second-order valence-electron chi connectivity index (χ2n) is 4.00. The van der Waals surface area contributed by atoms with E-state index in [1.807, 2.05) is 0 Å². The van der Waals surface area contributed by atoms with Crippen molar-refractivity contribution in [3.8, 4) is 11.5 Å². The van der Waals surface area contributed by atoms with Crippen molar-refractivity contribution in [3.05, 3.63) is 18.2 Å². The summed E-state index contributed by atoms with van der Waals surface area (Å²) in [7, 11) is 0. The van der Waals surface area contributed by atoms with Crippen molar-refractivity contribution in [2.45, 2.75) is 19.0 Å². The second-order valence-corrected chi connectivity index (χ2v) is 4.00. The van der Waals surface area contributed by atoms with Crippen LogP contribution in [-0.2, 0) is 0 Å². The molecule has 0 amide bonds. The molecule has 0 bridgehead atoms. The number of halogens is 3. The third-order valence-electron chi connectivity index (χ3n) is 2.51. The Labute approximate surface area is 103 Å². The van der Waals surface area contributed by atoms with Crippen molar-refractivity contribution < 1.29 is 22.6 Å². The second kappa shape index (κ2) is 5.37. The molecule has 1 aliphatic rings. The number of benzene rings is 1. The largest absolute Gasteiger partial charge is 0.486 e. The molecule has 0 atom stereocenters. The standard InChI is InChI=1S/C12H14F3NO2/c13-12(14,15)4-1-5-16-9-2-3-10-11(8-9)18-7-6-17-10/h2-3,8,16H,1,4-7H2. The number of alkyl halides is 3. The Morgan fingerprint density at radius 3 is 2.56 bits per heavy atom. The average molecular weight is 261 g/mol. The molecule has 0 aliphatic carbocycles. The molecule has 1 aromatic carbocycles. The third-order valence-corrected chi connectivity index (χ3v) is 2.51. The van der Waals surface area contributed by atoms with Crippen LogP contribution in [0.2, 0.25) is 0 Å². The summed E-state index contributed by atoms with van der Waals surface area (Å²) in [5.74, 6) is 1.30. The molecule has 0 unspecified atom stereocenters. The predicted octanol–water partition coefficient (Wildman–Crippen LogP) is 3.21. The summed E-state index contributed by atoms with van der Waals surface area (Å²) in [5, 5.41) is 2.93. The fourth-order valence-corrected chi connectivity index (χ4v) is 1.67. The number of nitrogens with one attached hydrogen (secondary N) is 1. The number of rotatable bonds is 4. The maximum absolute atomic E-state index is 11.9. The van der Waals surface area contributed by atoms with Crippen LogP contribution < -0.4 is 14.8 Å². The van der Waals surface area contributed by atoms with Gasteiger partial charge >= 0.3 is 6.18 Å². The lowest BCUT2D eigenvalue weighted by Gasteiger charge is -2.19. The van der Waals surface area contributed by atoms with Crippen molar-refractivity contribution in [1.82, 2.24) is 0 Å². The number of ether oxygens (including phenoxy) is 2. The third kappa shape index (κ3) is 3.72. The highest BCUT2D eigenvalue weighted by atomic mass is 19.4. The topological polar surface area (TPSA) is 30.5 Å². The highest BCUT2D eigenvalue weighted by Crippen LogP contribution is 2.32. The first-order chi connectivity index (χ1) is 8.54. The van der Waals surface area contributed by atoms with Crippen molar-refractivity contribution in [2.75, 3.05) is 25.1 Å². The summed E-state index contributed by atoms with van der Waals surface area (Å²) in [6, 6.07) is 5.25.